The van der Waals surface area contributed by atoms with Gasteiger partial charge in [-0.25, -0.2) is 4.39 Å². The zero-order valence-electron chi connectivity index (χ0n) is 17.3. The van der Waals surface area contributed by atoms with Gasteiger partial charge in [0.1, 0.15) is 5.82 Å². The van der Waals surface area contributed by atoms with Crippen LogP contribution in [-0.4, -0.2) is 68.1 Å². The van der Waals surface area contributed by atoms with Crippen molar-refractivity contribution in [3.8, 4) is 0 Å². The predicted molar refractivity (Wildman–Crippen MR) is 114 cm³/mol. The van der Waals surface area contributed by atoms with Crippen LogP contribution in [0, 0.1) is 5.82 Å². The van der Waals surface area contributed by atoms with Crippen molar-refractivity contribution in [1.29, 1.82) is 0 Å². The molecule has 0 saturated carbocycles. The highest BCUT2D eigenvalue weighted by Crippen LogP contribution is 2.17. The number of hydrogen-bond acceptors (Lipinski definition) is 4. The maximum Gasteiger partial charge on any atom is 0.254 e. The summed E-state index contributed by atoms with van der Waals surface area (Å²) in [5.74, 6) is -1.05. The molecule has 0 atom stereocenters. The van der Waals surface area contributed by atoms with Gasteiger partial charge in [0, 0.05) is 51.1 Å². The minimum absolute atomic E-state index is 0.168. The summed E-state index contributed by atoms with van der Waals surface area (Å²) in [5, 5.41) is 2.62. The average Bonchev–Trinajstić information content (AvgIpc) is 2.76. The van der Waals surface area contributed by atoms with Crippen molar-refractivity contribution in [2.75, 3.05) is 51.8 Å². The molecule has 30 heavy (non-hydrogen) atoms. The molecule has 3 rings (SSSR count). The van der Waals surface area contributed by atoms with Crippen LogP contribution >= 0.6 is 0 Å². The van der Waals surface area contributed by atoms with Crippen LogP contribution in [0.4, 0.5) is 10.1 Å². The first-order chi connectivity index (χ1) is 14.5. The number of hydrogen-bond donors (Lipinski definition) is 1. The fraction of sp³-hybridized carbons (Fsp3) is 0.391. The SMILES string of the molecule is COCCC(=O)Nc1cc(F)cc(C(=O)N2CCN(CCc3ccccc3)CC2)c1. The molecule has 1 saturated heterocycles. The monoisotopic (exact) mass is 413 g/mol. The first kappa shape index (κ1) is 21.9. The number of nitrogens with one attached hydrogen (secondary N) is 1. The Kier molecular flexibility index (Phi) is 7.93. The Hall–Kier alpha value is -2.77. The van der Waals surface area contributed by atoms with Gasteiger partial charge in [-0.2, -0.15) is 0 Å². The molecule has 1 aliphatic rings. The Balaban J connectivity index is 1.53. The van der Waals surface area contributed by atoms with Crippen LogP contribution in [0.1, 0.15) is 22.3 Å². The van der Waals surface area contributed by atoms with Crippen LogP contribution in [0.5, 0.6) is 0 Å². The van der Waals surface area contributed by atoms with E-state index in [9.17, 15) is 14.0 Å². The maximum atomic E-state index is 14.0. The van der Waals surface area contributed by atoms with Crippen LogP contribution in [0.2, 0.25) is 0 Å². The number of ether oxygens (including phenoxy) is 1. The lowest BCUT2D eigenvalue weighted by molar-refractivity contribution is -0.117. The summed E-state index contributed by atoms with van der Waals surface area (Å²) in [6, 6.07) is 14.3. The van der Waals surface area contributed by atoms with E-state index in [1.807, 2.05) is 18.2 Å². The molecule has 160 valence electrons. The third-order valence-electron chi connectivity index (χ3n) is 5.18. The van der Waals surface area contributed by atoms with Gasteiger partial charge < -0.3 is 15.0 Å². The minimum Gasteiger partial charge on any atom is -0.384 e. The van der Waals surface area contributed by atoms with Crippen molar-refractivity contribution >= 4 is 17.5 Å². The number of methoxy groups -OCH3 is 1. The molecular formula is C23H28FN3O3. The van der Waals surface area contributed by atoms with Crippen molar-refractivity contribution in [3.05, 3.63) is 65.5 Å². The number of halogens is 1. The molecule has 1 N–H and O–H groups in total. The molecule has 7 heteroatoms. The lowest BCUT2D eigenvalue weighted by atomic mass is 10.1. The molecule has 0 unspecified atom stereocenters. The highest BCUT2D eigenvalue weighted by molar-refractivity contribution is 5.97. The zero-order valence-corrected chi connectivity index (χ0v) is 17.3. The van der Waals surface area contributed by atoms with Crippen LogP contribution in [0.3, 0.4) is 0 Å². The lowest BCUT2D eigenvalue weighted by Crippen LogP contribution is -2.49. The first-order valence-corrected chi connectivity index (χ1v) is 10.2. The highest BCUT2D eigenvalue weighted by Gasteiger charge is 2.23. The van der Waals surface area contributed by atoms with Gasteiger partial charge in [0.2, 0.25) is 5.91 Å². The molecule has 0 bridgehead atoms. The van der Waals surface area contributed by atoms with E-state index in [1.54, 1.807) is 4.90 Å². The minimum atomic E-state index is -0.551. The Morgan fingerprint density at radius 2 is 1.80 bits per heavy atom. The normalized spacial score (nSPS) is 14.5. The molecule has 1 fully saturated rings. The van der Waals surface area contributed by atoms with Gasteiger partial charge in [-0.15, -0.1) is 0 Å². The number of piperazine rings is 1. The Bertz CT molecular complexity index is 852. The fourth-order valence-corrected chi connectivity index (χ4v) is 3.49. The number of benzene rings is 2. The van der Waals surface area contributed by atoms with Gasteiger partial charge in [-0.1, -0.05) is 30.3 Å². The quantitative estimate of drug-likeness (QED) is 0.723. The zero-order chi connectivity index (χ0) is 21.3. The first-order valence-electron chi connectivity index (χ1n) is 10.2. The van der Waals surface area contributed by atoms with Crippen LogP contribution in [0.15, 0.2) is 48.5 Å². The number of carbonyl (C=O) groups is 2. The number of rotatable bonds is 8. The largest absolute Gasteiger partial charge is 0.384 e. The number of nitrogens with zero attached hydrogens (tertiary/aromatic N) is 2. The molecule has 2 amide bonds. The summed E-state index contributed by atoms with van der Waals surface area (Å²) < 4.78 is 18.9. The molecule has 0 aromatic heterocycles. The van der Waals surface area contributed by atoms with Gasteiger partial charge in [-0.05, 0) is 30.2 Å². The smallest absolute Gasteiger partial charge is 0.254 e. The molecule has 2 aromatic rings. The summed E-state index contributed by atoms with van der Waals surface area (Å²) >= 11 is 0. The molecule has 1 aliphatic heterocycles. The molecule has 1 heterocycles. The highest BCUT2D eigenvalue weighted by atomic mass is 19.1. The van der Waals surface area contributed by atoms with E-state index < -0.39 is 5.82 Å². The van der Waals surface area contributed by atoms with E-state index in [0.29, 0.717) is 13.1 Å². The van der Waals surface area contributed by atoms with E-state index in [0.717, 1.165) is 26.1 Å². The van der Waals surface area contributed by atoms with E-state index in [2.05, 4.69) is 22.3 Å². The van der Waals surface area contributed by atoms with Gasteiger partial charge in [-0.3, -0.25) is 14.5 Å². The van der Waals surface area contributed by atoms with Gasteiger partial charge >= 0.3 is 0 Å². The summed E-state index contributed by atoms with van der Waals surface area (Å²) in [4.78, 5) is 28.8. The second kappa shape index (κ2) is 10.8. The third-order valence-corrected chi connectivity index (χ3v) is 5.18. The maximum absolute atomic E-state index is 14.0. The third kappa shape index (κ3) is 6.37. The van der Waals surface area contributed by atoms with Crippen molar-refractivity contribution in [1.82, 2.24) is 9.80 Å². The molecule has 6 nitrogen and oxygen atoms in total. The summed E-state index contributed by atoms with van der Waals surface area (Å²) in [6.45, 7) is 3.99. The standard InChI is InChI=1S/C23H28FN3O3/c1-30-14-8-22(28)25-21-16-19(15-20(24)17-21)23(29)27-12-10-26(11-13-27)9-7-18-5-3-2-4-6-18/h2-6,15-17H,7-14H2,1H3,(H,25,28). The van der Waals surface area contributed by atoms with Crippen molar-refractivity contribution < 1.29 is 18.7 Å². The fourth-order valence-electron chi connectivity index (χ4n) is 3.49. The van der Waals surface area contributed by atoms with Crippen LogP contribution in [-0.2, 0) is 16.0 Å². The number of amides is 2. The predicted octanol–water partition coefficient (Wildman–Crippen LogP) is 2.80. The van der Waals surface area contributed by atoms with Gasteiger partial charge in [0.05, 0.1) is 13.0 Å². The topological polar surface area (TPSA) is 61.9 Å². The molecule has 0 radical (unpaired) electrons. The summed E-state index contributed by atoms with van der Waals surface area (Å²) in [5.41, 5.74) is 1.83. The van der Waals surface area contributed by atoms with Gasteiger partial charge in [0.15, 0.2) is 0 Å². The molecule has 0 aliphatic carbocycles. The van der Waals surface area contributed by atoms with E-state index in [1.165, 1.54) is 30.9 Å². The van der Waals surface area contributed by atoms with E-state index in [4.69, 9.17) is 4.74 Å². The second-order valence-electron chi connectivity index (χ2n) is 7.39. The van der Waals surface area contributed by atoms with Crippen molar-refractivity contribution in [2.24, 2.45) is 0 Å². The summed E-state index contributed by atoms with van der Waals surface area (Å²) in [7, 11) is 1.51. The van der Waals surface area contributed by atoms with E-state index in [-0.39, 0.29) is 36.1 Å². The van der Waals surface area contributed by atoms with Gasteiger partial charge in [0.25, 0.3) is 5.91 Å². The van der Waals surface area contributed by atoms with Crippen molar-refractivity contribution in [3.63, 3.8) is 0 Å². The second-order valence-corrected chi connectivity index (χ2v) is 7.39. The lowest BCUT2D eigenvalue weighted by Gasteiger charge is -2.34. The summed E-state index contributed by atoms with van der Waals surface area (Å²) in [6.07, 6.45) is 1.14. The average molecular weight is 413 g/mol. The Morgan fingerprint density at radius 3 is 2.50 bits per heavy atom. The number of carbonyl (C=O) groups excluding carboxylic acids is 2. The van der Waals surface area contributed by atoms with Crippen molar-refractivity contribution in [2.45, 2.75) is 12.8 Å². The van der Waals surface area contributed by atoms with Crippen LogP contribution in [0.25, 0.3) is 0 Å². The van der Waals surface area contributed by atoms with E-state index >= 15 is 0 Å². The molecular weight excluding hydrogens is 385 g/mol. The Morgan fingerprint density at radius 1 is 1.07 bits per heavy atom. The molecule has 0 spiro atoms. The number of anilines is 1. The Labute approximate surface area is 176 Å². The molecule has 2 aromatic carbocycles. The van der Waals surface area contributed by atoms with Crippen LogP contribution < -0.4 is 5.32 Å².